The predicted molar refractivity (Wildman–Crippen MR) is 36.4 cm³/mol. The molecule has 0 aromatic carbocycles. The van der Waals surface area contributed by atoms with E-state index in [0.29, 0.717) is 6.42 Å². The van der Waals surface area contributed by atoms with Crippen molar-refractivity contribution in [1.82, 2.24) is 0 Å². The first-order chi connectivity index (χ1) is 4.70. The van der Waals surface area contributed by atoms with E-state index in [1.165, 1.54) is 0 Å². The van der Waals surface area contributed by atoms with E-state index >= 15 is 0 Å². The molecule has 0 bridgehead atoms. The maximum atomic E-state index is 10.1. The Labute approximate surface area is 59.3 Å². The number of primary amides is 1. The third-order valence-electron chi connectivity index (χ3n) is 0.916. The zero-order valence-corrected chi connectivity index (χ0v) is 5.62. The number of nitrogens with two attached hydrogens (primary N) is 1. The summed E-state index contributed by atoms with van der Waals surface area (Å²) in [6, 6.07) is 0. The van der Waals surface area contributed by atoms with Crippen molar-refractivity contribution >= 4 is 6.09 Å². The Hall–Kier alpha value is -1.03. The van der Waals surface area contributed by atoms with Gasteiger partial charge in [0.1, 0.15) is 6.10 Å². The van der Waals surface area contributed by atoms with Crippen molar-refractivity contribution in [2.24, 2.45) is 5.73 Å². The molecular weight excluding hydrogens is 134 g/mol. The molecular formula is C6H11NO3. The van der Waals surface area contributed by atoms with Crippen LogP contribution in [-0.4, -0.2) is 23.9 Å². The summed E-state index contributed by atoms with van der Waals surface area (Å²) in [6.45, 7) is 3.19. The van der Waals surface area contributed by atoms with Gasteiger partial charge < -0.3 is 15.6 Å². The van der Waals surface area contributed by atoms with Crippen LogP contribution < -0.4 is 5.73 Å². The molecule has 0 rings (SSSR count). The van der Waals surface area contributed by atoms with Gasteiger partial charge in [0.05, 0.1) is 6.61 Å². The Kier molecular flexibility index (Phi) is 4.32. The molecule has 0 aromatic heterocycles. The molecule has 1 amide bonds. The third-order valence-corrected chi connectivity index (χ3v) is 0.916. The minimum Gasteiger partial charge on any atom is -0.444 e. The van der Waals surface area contributed by atoms with E-state index in [4.69, 9.17) is 10.8 Å². The van der Waals surface area contributed by atoms with Crippen LogP contribution in [0.5, 0.6) is 0 Å². The standard InChI is InChI=1S/C6H11NO3/c1-2-3-5(4-8)10-6(7)9/h2,5,8H,1,3-4H2,(H2,7,9)/t5-/m1/s1. The van der Waals surface area contributed by atoms with Gasteiger partial charge in [0.25, 0.3) is 0 Å². The summed E-state index contributed by atoms with van der Waals surface area (Å²) < 4.78 is 4.46. The van der Waals surface area contributed by atoms with Gasteiger partial charge >= 0.3 is 6.09 Å². The summed E-state index contributed by atoms with van der Waals surface area (Å²) in [5, 5.41) is 8.53. The number of carbonyl (C=O) groups excluding carboxylic acids is 1. The summed E-state index contributed by atoms with van der Waals surface area (Å²) in [7, 11) is 0. The molecule has 58 valence electrons. The van der Waals surface area contributed by atoms with Gasteiger partial charge in [-0.05, 0) is 0 Å². The van der Waals surface area contributed by atoms with E-state index in [2.05, 4.69) is 11.3 Å². The Balaban J connectivity index is 3.59. The highest BCUT2D eigenvalue weighted by atomic mass is 16.6. The molecule has 0 aliphatic carbocycles. The molecule has 0 aliphatic rings. The molecule has 0 heterocycles. The lowest BCUT2D eigenvalue weighted by Gasteiger charge is -2.10. The van der Waals surface area contributed by atoms with Crippen LogP contribution in [0.1, 0.15) is 6.42 Å². The summed E-state index contributed by atoms with van der Waals surface area (Å²) in [5.41, 5.74) is 4.69. The maximum Gasteiger partial charge on any atom is 0.404 e. The van der Waals surface area contributed by atoms with Crippen molar-refractivity contribution in [3.05, 3.63) is 12.7 Å². The van der Waals surface area contributed by atoms with Gasteiger partial charge in [0, 0.05) is 6.42 Å². The number of aliphatic hydroxyl groups is 1. The van der Waals surface area contributed by atoms with Gasteiger partial charge in [-0.1, -0.05) is 6.08 Å². The smallest absolute Gasteiger partial charge is 0.404 e. The minimum atomic E-state index is -0.874. The van der Waals surface area contributed by atoms with Crippen LogP contribution in [0.4, 0.5) is 4.79 Å². The quantitative estimate of drug-likeness (QED) is 0.547. The molecule has 10 heavy (non-hydrogen) atoms. The highest BCUT2D eigenvalue weighted by Gasteiger charge is 2.07. The number of hydrogen-bond acceptors (Lipinski definition) is 3. The number of aliphatic hydroxyl groups excluding tert-OH is 1. The van der Waals surface area contributed by atoms with E-state index in [1.807, 2.05) is 0 Å². The molecule has 4 heteroatoms. The van der Waals surface area contributed by atoms with Crippen molar-refractivity contribution in [2.45, 2.75) is 12.5 Å². The summed E-state index contributed by atoms with van der Waals surface area (Å²) in [4.78, 5) is 10.1. The SMILES string of the molecule is C=CC[C@H](CO)OC(N)=O. The van der Waals surface area contributed by atoms with Crippen LogP contribution in [0.3, 0.4) is 0 Å². The molecule has 0 radical (unpaired) electrons. The van der Waals surface area contributed by atoms with Crippen LogP contribution >= 0.6 is 0 Å². The third kappa shape index (κ3) is 3.91. The number of ether oxygens (including phenoxy) is 1. The summed E-state index contributed by atoms with van der Waals surface area (Å²) in [6.07, 6.45) is 0.541. The second-order valence-corrected chi connectivity index (χ2v) is 1.77. The van der Waals surface area contributed by atoms with Crippen molar-refractivity contribution in [3.8, 4) is 0 Å². The Bertz CT molecular complexity index is 124. The molecule has 1 atom stereocenters. The van der Waals surface area contributed by atoms with Crippen LogP contribution in [0, 0.1) is 0 Å². The maximum absolute atomic E-state index is 10.1. The highest BCUT2D eigenvalue weighted by molar-refractivity contribution is 5.64. The van der Waals surface area contributed by atoms with Crippen molar-refractivity contribution < 1.29 is 14.6 Å². The molecule has 4 nitrogen and oxygen atoms in total. The van der Waals surface area contributed by atoms with Crippen molar-refractivity contribution in [3.63, 3.8) is 0 Å². The van der Waals surface area contributed by atoms with Crippen LogP contribution in [-0.2, 0) is 4.74 Å². The average molecular weight is 145 g/mol. The van der Waals surface area contributed by atoms with E-state index in [1.54, 1.807) is 6.08 Å². The van der Waals surface area contributed by atoms with Crippen molar-refractivity contribution in [2.75, 3.05) is 6.61 Å². The fourth-order valence-corrected chi connectivity index (χ4v) is 0.510. The summed E-state index contributed by atoms with van der Waals surface area (Å²) >= 11 is 0. The Morgan fingerprint density at radius 3 is 2.80 bits per heavy atom. The first-order valence-electron chi connectivity index (χ1n) is 2.88. The monoisotopic (exact) mass is 145 g/mol. The molecule has 0 saturated carbocycles. The molecule has 0 aliphatic heterocycles. The molecule has 0 spiro atoms. The second kappa shape index (κ2) is 4.81. The van der Waals surface area contributed by atoms with Gasteiger partial charge in [0.2, 0.25) is 0 Å². The zero-order chi connectivity index (χ0) is 7.98. The molecule has 0 aromatic rings. The topological polar surface area (TPSA) is 72.6 Å². The van der Waals surface area contributed by atoms with E-state index < -0.39 is 12.2 Å². The Morgan fingerprint density at radius 2 is 2.50 bits per heavy atom. The highest BCUT2D eigenvalue weighted by Crippen LogP contribution is 1.96. The number of amides is 1. The van der Waals surface area contributed by atoms with Crippen LogP contribution in [0.25, 0.3) is 0 Å². The van der Waals surface area contributed by atoms with E-state index in [9.17, 15) is 4.79 Å². The van der Waals surface area contributed by atoms with Gasteiger partial charge in [-0.3, -0.25) is 0 Å². The van der Waals surface area contributed by atoms with Crippen LogP contribution in [0.15, 0.2) is 12.7 Å². The normalized spacial score (nSPS) is 12.1. The van der Waals surface area contributed by atoms with Gasteiger partial charge in [-0.25, -0.2) is 4.79 Å². The lowest BCUT2D eigenvalue weighted by molar-refractivity contribution is 0.0655. The van der Waals surface area contributed by atoms with Gasteiger partial charge in [-0.2, -0.15) is 0 Å². The minimum absolute atomic E-state index is 0.227. The van der Waals surface area contributed by atoms with Gasteiger partial charge in [0.15, 0.2) is 0 Å². The average Bonchev–Trinajstić information content (AvgIpc) is 1.86. The number of hydrogen-bond donors (Lipinski definition) is 2. The Morgan fingerprint density at radius 1 is 1.90 bits per heavy atom. The van der Waals surface area contributed by atoms with Crippen molar-refractivity contribution in [1.29, 1.82) is 0 Å². The largest absolute Gasteiger partial charge is 0.444 e. The number of rotatable bonds is 4. The first kappa shape index (κ1) is 8.97. The second-order valence-electron chi connectivity index (χ2n) is 1.77. The van der Waals surface area contributed by atoms with Gasteiger partial charge in [-0.15, -0.1) is 6.58 Å². The molecule has 0 saturated heterocycles. The van der Waals surface area contributed by atoms with E-state index in [0.717, 1.165) is 0 Å². The fraction of sp³-hybridized carbons (Fsp3) is 0.500. The molecule has 0 unspecified atom stereocenters. The lowest BCUT2D eigenvalue weighted by atomic mass is 10.3. The molecule has 3 N–H and O–H groups in total. The predicted octanol–water partition coefficient (Wildman–Crippen LogP) is 0.0187. The summed E-state index contributed by atoms with van der Waals surface area (Å²) in [5.74, 6) is 0. The lowest BCUT2D eigenvalue weighted by Crippen LogP contribution is -2.25. The van der Waals surface area contributed by atoms with E-state index in [-0.39, 0.29) is 6.61 Å². The fourth-order valence-electron chi connectivity index (χ4n) is 0.510. The molecule has 0 fully saturated rings. The first-order valence-corrected chi connectivity index (χ1v) is 2.88. The van der Waals surface area contributed by atoms with Crippen LogP contribution in [0.2, 0.25) is 0 Å². The number of carbonyl (C=O) groups is 1. The zero-order valence-electron chi connectivity index (χ0n) is 5.62.